The minimum absolute atomic E-state index is 0. The lowest BCUT2D eigenvalue weighted by molar-refractivity contribution is -0.662. The van der Waals surface area contributed by atoms with E-state index in [1.165, 1.54) is 24.9 Å². The second kappa shape index (κ2) is 11.7. The number of nitrogens with zero attached hydrogens (tertiary/aromatic N) is 2. The van der Waals surface area contributed by atoms with Crippen molar-refractivity contribution in [3.05, 3.63) is 23.2 Å². The quantitative estimate of drug-likeness (QED) is 0.137. The van der Waals surface area contributed by atoms with Gasteiger partial charge in [0.1, 0.15) is 12.4 Å². The molecule has 2 aromatic rings. The van der Waals surface area contributed by atoms with Crippen LogP contribution in [0.15, 0.2) is 23.2 Å². The van der Waals surface area contributed by atoms with E-state index in [-0.39, 0.29) is 48.0 Å². The number of hydrogen-bond donors (Lipinski definition) is 2. The summed E-state index contributed by atoms with van der Waals surface area (Å²) < 4.78 is 4.48. The molecule has 0 unspecified atom stereocenters. The van der Waals surface area contributed by atoms with Crippen LogP contribution < -0.4 is 68.6 Å². The van der Waals surface area contributed by atoms with Crippen LogP contribution in [0.3, 0.4) is 0 Å². The van der Waals surface area contributed by atoms with Crippen LogP contribution in [0.2, 0.25) is 38.3 Å². The molecule has 0 bridgehead atoms. The first-order valence-electron chi connectivity index (χ1n) is 8.63. The van der Waals surface area contributed by atoms with Crippen molar-refractivity contribution >= 4 is 49.1 Å². The zero-order valence-corrected chi connectivity index (χ0v) is 24.1. The maximum Gasteiger partial charge on any atom is 0.331 e. The Bertz CT molecular complexity index is 606. The van der Waals surface area contributed by atoms with Gasteiger partial charge in [0.25, 0.3) is 0 Å². The summed E-state index contributed by atoms with van der Waals surface area (Å²) in [5.41, 5.74) is 12.1. The first kappa shape index (κ1) is 26.8. The fraction of sp³-hybridized carbons (Fsp3) is 0.625. The van der Waals surface area contributed by atoms with E-state index in [1.807, 2.05) is 0 Å². The number of nitrogen functional groups attached to an aromatic ring is 2. The van der Waals surface area contributed by atoms with Gasteiger partial charge in [-0.2, -0.15) is 0 Å². The molecule has 2 heterocycles. The Hall–Kier alpha value is 0.754. The molecule has 0 amide bonds. The number of halogens is 2. The van der Waals surface area contributed by atoms with E-state index < -0.39 is 16.1 Å². The van der Waals surface area contributed by atoms with Crippen molar-refractivity contribution < 1.29 is 57.1 Å². The molecule has 0 saturated carbocycles. The molecule has 2 rings (SSSR count). The van der Waals surface area contributed by atoms with Crippen LogP contribution in [0.4, 0.5) is 10.3 Å². The normalized spacial score (nSPS) is 11.7. The second-order valence-corrected chi connectivity index (χ2v) is 20.4. The third-order valence-electron chi connectivity index (χ3n) is 4.58. The highest BCUT2D eigenvalue weighted by molar-refractivity contribution is 7.13. The highest BCUT2D eigenvalue weighted by atomic mass is 127. The molecule has 0 aliphatic carbocycles. The van der Waals surface area contributed by atoms with E-state index >= 15 is 0 Å². The van der Waals surface area contributed by atoms with Crippen molar-refractivity contribution in [3.63, 3.8) is 0 Å². The Kier molecular flexibility index (Phi) is 12.0. The summed E-state index contributed by atoms with van der Waals surface area (Å²) >= 11 is 3.27. The molecule has 0 fully saturated rings. The molecular weight excluding hydrogens is 622 g/mol. The van der Waals surface area contributed by atoms with Gasteiger partial charge in [-0.1, -0.05) is 73.8 Å². The summed E-state index contributed by atoms with van der Waals surface area (Å²) in [6.45, 7) is 9.95. The Morgan fingerprint density at radius 3 is 1.38 bits per heavy atom. The molecule has 4 nitrogen and oxygen atoms in total. The molecule has 0 aliphatic heterocycles. The Morgan fingerprint density at radius 1 is 0.769 bits per heavy atom. The van der Waals surface area contributed by atoms with Gasteiger partial charge >= 0.3 is 10.3 Å². The minimum Gasteiger partial charge on any atom is -1.00 e. The summed E-state index contributed by atoms with van der Waals surface area (Å²) in [7, 11) is -2.45. The van der Waals surface area contributed by atoms with Crippen molar-refractivity contribution in [2.45, 2.75) is 63.5 Å². The number of unbranched alkanes of at least 4 members (excludes halogenated alkanes) is 1. The van der Waals surface area contributed by atoms with E-state index in [0.29, 0.717) is 0 Å². The number of thiazole rings is 2. The Labute approximate surface area is 202 Å². The minimum atomic E-state index is -1.23. The third-order valence-corrected chi connectivity index (χ3v) is 11.9. The molecule has 4 N–H and O–H groups in total. The van der Waals surface area contributed by atoms with Gasteiger partial charge < -0.3 is 48.0 Å². The van der Waals surface area contributed by atoms with Gasteiger partial charge in [0.15, 0.2) is 0 Å². The molecule has 0 atom stereocenters. The van der Waals surface area contributed by atoms with Crippen LogP contribution in [0.1, 0.15) is 12.8 Å². The summed E-state index contributed by atoms with van der Waals surface area (Å²) in [6, 6.07) is 2.76. The first-order chi connectivity index (χ1) is 11.2. The molecule has 0 saturated heterocycles. The molecule has 0 radical (unpaired) electrons. The van der Waals surface area contributed by atoms with Crippen LogP contribution in [0, 0.1) is 0 Å². The second-order valence-electron chi connectivity index (χ2n) is 8.27. The highest BCUT2D eigenvalue weighted by Gasteiger charge is 2.28. The number of hydrogen-bond acceptors (Lipinski definition) is 4. The fourth-order valence-corrected chi connectivity index (χ4v) is 9.75. The van der Waals surface area contributed by atoms with E-state index in [4.69, 9.17) is 11.5 Å². The predicted octanol–water partition coefficient (Wildman–Crippen LogP) is -2.47. The van der Waals surface area contributed by atoms with Crippen molar-refractivity contribution in [1.29, 1.82) is 0 Å². The maximum atomic E-state index is 6.03. The molecule has 0 aromatic carbocycles. The van der Waals surface area contributed by atoms with Crippen LogP contribution in [-0.2, 0) is 12.3 Å². The number of anilines is 2. The fourth-order valence-electron chi connectivity index (χ4n) is 3.18. The molecule has 10 heteroatoms. The molecular formula is C16H32I2N4S2Si2. The average Bonchev–Trinajstić information content (AvgIpc) is 3.04. The van der Waals surface area contributed by atoms with Crippen LogP contribution in [-0.4, -0.2) is 16.1 Å². The van der Waals surface area contributed by atoms with Gasteiger partial charge in [0, 0.05) is 10.8 Å². The van der Waals surface area contributed by atoms with Crippen molar-refractivity contribution in [2.24, 2.45) is 0 Å². The summed E-state index contributed by atoms with van der Waals surface area (Å²) in [6.07, 6.45) is 9.25. The third kappa shape index (κ3) is 8.84. The van der Waals surface area contributed by atoms with Gasteiger partial charge in [-0.25, -0.2) is 9.13 Å². The lowest BCUT2D eigenvalue weighted by atomic mass is 10.4. The van der Waals surface area contributed by atoms with Gasteiger partial charge in [-0.3, -0.25) is 11.5 Å². The maximum absolute atomic E-state index is 6.03. The van der Waals surface area contributed by atoms with Crippen LogP contribution >= 0.6 is 22.7 Å². The van der Waals surface area contributed by atoms with Gasteiger partial charge in [-0.15, -0.1) is 0 Å². The SMILES string of the molecule is C[Si](C)(CCCC[Si](C)(C)C[n+]1ccsc1N)C[n+]1ccsc1N.[I-].[I-]. The predicted molar refractivity (Wildman–Crippen MR) is 112 cm³/mol. The monoisotopic (exact) mass is 654 g/mol. The summed E-state index contributed by atoms with van der Waals surface area (Å²) in [5.74, 6) is 0. The van der Waals surface area contributed by atoms with Gasteiger partial charge in [0.05, 0.1) is 28.5 Å². The Balaban J connectivity index is 0.00000312. The average molecular weight is 655 g/mol. The first-order valence-corrected chi connectivity index (χ1v) is 17.2. The highest BCUT2D eigenvalue weighted by Crippen LogP contribution is 2.21. The summed E-state index contributed by atoms with van der Waals surface area (Å²) in [5, 5.41) is 6.05. The van der Waals surface area contributed by atoms with Crippen molar-refractivity contribution in [1.82, 2.24) is 0 Å². The summed E-state index contributed by atoms with van der Waals surface area (Å²) in [4.78, 5) is 0. The van der Waals surface area contributed by atoms with Crippen LogP contribution in [0.25, 0.3) is 0 Å². The van der Waals surface area contributed by atoms with E-state index in [9.17, 15) is 0 Å². The van der Waals surface area contributed by atoms with E-state index in [1.54, 1.807) is 22.7 Å². The molecule has 150 valence electrons. The molecule has 2 aromatic heterocycles. The van der Waals surface area contributed by atoms with E-state index in [0.717, 1.165) is 22.6 Å². The van der Waals surface area contributed by atoms with Crippen molar-refractivity contribution in [2.75, 3.05) is 11.5 Å². The number of nitrogens with two attached hydrogens (primary N) is 2. The largest absolute Gasteiger partial charge is 1.00 e. The van der Waals surface area contributed by atoms with Crippen molar-refractivity contribution in [3.8, 4) is 0 Å². The number of aromatic nitrogens is 2. The Morgan fingerprint density at radius 2 is 1.12 bits per heavy atom. The molecule has 0 spiro atoms. The van der Waals surface area contributed by atoms with Gasteiger partial charge in [0.2, 0.25) is 0 Å². The van der Waals surface area contributed by atoms with Crippen LogP contribution in [0.5, 0.6) is 0 Å². The lowest BCUT2D eigenvalue weighted by Gasteiger charge is -2.23. The smallest absolute Gasteiger partial charge is 0.331 e. The van der Waals surface area contributed by atoms with E-state index in [2.05, 4.69) is 58.5 Å². The zero-order valence-electron chi connectivity index (χ0n) is 16.2. The zero-order chi connectivity index (χ0) is 17.8. The topological polar surface area (TPSA) is 59.8 Å². The lowest BCUT2D eigenvalue weighted by Crippen LogP contribution is -3.00. The standard InChI is InChI=1S/C16H30N4S2Si2.2HI/c1-23(2,13-19-7-9-21-15(19)17)11-5-6-12-24(3,4)14-20-8-10-22-16(20)18;;/h7-10,17-18H,5-6,11-14H2,1-4H3;2*1H. The molecule has 26 heavy (non-hydrogen) atoms. The number of rotatable bonds is 9. The molecule has 0 aliphatic rings. The van der Waals surface area contributed by atoms with Gasteiger partial charge in [-0.05, 0) is 0 Å².